The van der Waals surface area contributed by atoms with Crippen LogP contribution in [0, 0.1) is 11.6 Å². The first-order valence-electron chi connectivity index (χ1n) is 12.8. The van der Waals surface area contributed by atoms with Crippen LogP contribution in [0.15, 0.2) is 29.2 Å². The van der Waals surface area contributed by atoms with Gasteiger partial charge in [-0.05, 0) is 51.8 Å². The van der Waals surface area contributed by atoms with E-state index in [1.54, 1.807) is 4.90 Å². The standard InChI is InChI=1S/C26H31F2N7O3S.FH.2H2O.2H2/c1-26(2,3)38-25(37)34-13-16(14-34)30-24-29-12-15-11-17(23(36)33(4)22(15)31-24)20-18(27)7-8-19(21(20)28)32-39-35-9-5-6-10-35;;;;;/h7-8,11-12,16,32H,5-6,9-10,13-14H2,1-4H3,(H,29,30,31);1H;2*1H2;2*1H. The minimum Gasteiger partial charge on any atom is -0.444 e. The monoisotopic (exact) mass is 619 g/mol. The van der Waals surface area contributed by atoms with Gasteiger partial charge in [0.25, 0.3) is 5.56 Å². The third-order valence-corrected chi connectivity index (χ3v) is 7.46. The molecule has 0 saturated carbocycles. The summed E-state index contributed by atoms with van der Waals surface area (Å²) in [6.45, 7) is 8.05. The van der Waals surface area contributed by atoms with Crippen LogP contribution in [0.2, 0.25) is 0 Å². The number of halogens is 3. The number of fused-ring (bicyclic) bond motifs is 1. The Balaban J connectivity index is 0.00000370. The number of aryl methyl sites for hydroxylation is 1. The van der Waals surface area contributed by atoms with Crippen LogP contribution in [0.5, 0.6) is 0 Å². The number of benzene rings is 1. The van der Waals surface area contributed by atoms with E-state index in [0.717, 1.165) is 32.0 Å². The molecule has 3 aromatic rings. The molecule has 0 aliphatic carbocycles. The highest BCUT2D eigenvalue weighted by molar-refractivity contribution is 7.98. The van der Waals surface area contributed by atoms with Crippen LogP contribution in [-0.2, 0) is 11.8 Å². The van der Waals surface area contributed by atoms with Crippen molar-refractivity contribution in [3.05, 3.63) is 46.4 Å². The van der Waals surface area contributed by atoms with Gasteiger partial charge >= 0.3 is 6.09 Å². The Morgan fingerprint density at radius 1 is 1.17 bits per heavy atom. The van der Waals surface area contributed by atoms with Crippen molar-refractivity contribution >= 4 is 40.9 Å². The summed E-state index contributed by atoms with van der Waals surface area (Å²) < 4.78 is 42.0. The highest BCUT2D eigenvalue weighted by Crippen LogP contribution is 2.32. The van der Waals surface area contributed by atoms with Crippen LogP contribution >= 0.6 is 12.1 Å². The number of ether oxygens (including phenoxy) is 1. The summed E-state index contributed by atoms with van der Waals surface area (Å²) in [5.74, 6) is -1.39. The molecule has 0 spiro atoms. The zero-order chi connectivity index (χ0) is 27.9. The third kappa shape index (κ3) is 7.24. The minimum atomic E-state index is -0.836. The van der Waals surface area contributed by atoms with E-state index in [1.807, 2.05) is 20.8 Å². The number of hydrogen-bond acceptors (Lipinski definition) is 9. The van der Waals surface area contributed by atoms with E-state index >= 15 is 4.39 Å². The predicted molar refractivity (Wildman–Crippen MR) is 161 cm³/mol. The van der Waals surface area contributed by atoms with Gasteiger partial charge in [0, 0.05) is 59.8 Å². The number of rotatable bonds is 6. The van der Waals surface area contributed by atoms with Crippen LogP contribution in [0.4, 0.5) is 29.9 Å². The molecule has 236 valence electrons. The number of aromatic nitrogens is 3. The zero-order valence-electron chi connectivity index (χ0n) is 23.7. The maximum absolute atomic E-state index is 15.5. The quantitative estimate of drug-likeness (QED) is 0.393. The Kier molecular flexibility index (Phi) is 11.2. The van der Waals surface area contributed by atoms with Crippen molar-refractivity contribution in [3.63, 3.8) is 0 Å². The molecule has 12 nitrogen and oxygen atoms in total. The minimum absolute atomic E-state index is 0. The maximum Gasteiger partial charge on any atom is 0.410 e. The molecule has 5 rings (SSSR count). The molecule has 0 atom stereocenters. The number of pyridine rings is 1. The highest BCUT2D eigenvalue weighted by atomic mass is 32.2. The van der Waals surface area contributed by atoms with Crippen LogP contribution in [0.1, 0.15) is 36.5 Å². The number of nitrogens with one attached hydrogen (secondary N) is 2. The average Bonchev–Trinajstić information content (AvgIpc) is 3.36. The molecular formula is C26H40F3N7O5S. The molecule has 0 unspecified atom stereocenters. The fourth-order valence-corrected chi connectivity index (χ4v) is 5.32. The fourth-order valence-electron chi connectivity index (χ4n) is 4.49. The van der Waals surface area contributed by atoms with Crippen molar-refractivity contribution in [1.82, 2.24) is 23.7 Å². The van der Waals surface area contributed by atoms with E-state index in [0.29, 0.717) is 24.1 Å². The molecule has 1 amide bonds. The van der Waals surface area contributed by atoms with Crippen LogP contribution in [0.3, 0.4) is 0 Å². The molecule has 1 aromatic carbocycles. The molecular weight excluding hydrogens is 579 g/mol. The molecule has 2 saturated heterocycles. The molecule has 42 heavy (non-hydrogen) atoms. The average molecular weight is 620 g/mol. The normalized spacial score (nSPS) is 15.2. The van der Waals surface area contributed by atoms with Gasteiger partial charge in [0.05, 0.1) is 22.9 Å². The topological polar surface area (TPSA) is 168 Å². The smallest absolute Gasteiger partial charge is 0.410 e. The summed E-state index contributed by atoms with van der Waals surface area (Å²) in [5, 5.41) is 3.60. The van der Waals surface area contributed by atoms with Gasteiger partial charge in [-0.3, -0.25) is 14.1 Å². The van der Waals surface area contributed by atoms with Crippen molar-refractivity contribution in [1.29, 1.82) is 0 Å². The number of amides is 1. The third-order valence-electron chi connectivity index (χ3n) is 6.53. The molecule has 16 heteroatoms. The molecule has 4 heterocycles. The second-order valence-corrected chi connectivity index (χ2v) is 11.6. The first-order valence-corrected chi connectivity index (χ1v) is 13.5. The van der Waals surface area contributed by atoms with E-state index in [1.165, 1.54) is 42.1 Å². The summed E-state index contributed by atoms with van der Waals surface area (Å²) in [7, 11) is 1.50. The van der Waals surface area contributed by atoms with E-state index in [2.05, 4.69) is 24.3 Å². The van der Waals surface area contributed by atoms with Gasteiger partial charge in [-0.2, -0.15) is 4.98 Å². The van der Waals surface area contributed by atoms with Gasteiger partial charge in [-0.15, -0.1) is 0 Å². The van der Waals surface area contributed by atoms with Gasteiger partial charge < -0.3 is 30.6 Å². The lowest BCUT2D eigenvalue weighted by atomic mass is 10.0. The number of likely N-dealkylation sites (tertiary alicyclic amines) is 1. The molecule has 2 fully saturated rings. The molecule has 2 aliphatic heterocycles. The first-order chi connectivity index (χ1) is 18.5. The van der Waals surface area contributed by atoms with Crippen LogP contribution in [-0.4, -0.2) is 78.6 Å². The van der Waals surface area contributed by atoms with Gasteiger partial charge in [0.15, 0.2) is 5.82 Å². The van der Waals surface area contributed by atoms with Crippen molar-refractivity contribution in [2.75, 3.05) is 36.2 Å². The highest BCUT2D eigenvalue weighted by Gasteiger charge is 2.34. The van der Waals surface area contributed by atoms with E-state index in [9.17, 15) is 14.0 Å². The Hall–Kier alpha value is -3.60. The molecule has 2 aromatic heterocycles. The number of nitrogens with zero attached hydrogens (tertiary/aromatic N) is 5. The van der Waals surface area contributed by atoms with Crippen molar-refractivity contribution in [2.45, 2.75) is 45.3 Å². The van der Waals surface area contributed by atoms with Gasteiger partial charge in [-0.25, -0.2) is 22.9 Å². The lowest BCUT2D eigenvalue weighted by Gasteiger charge is -2.39. The summed E-state index contributed by atoms with van der Waals surface area (Å²) in [6, 6.07) is 3.81. The van der Waals surface area contributed by atoms with Gasteiger partial charge in [0.2, 0.25) is 5.95 Å². The van der Waals surface area contributed by atoms with E-state index in [-0.39, 0.29) is 47.8 Å². The Morgan fingerprint density at radius 2 is 1.83 bits per heavy atom. The van der Waals surface area contributed by atoms with E-state index < -0.39 is 28.4 Å². The summed E-state index contributed by atoms with van der Waals surface area (Å²) >= 11 is 1.27. The van der Waals surface area contributed by atoms with Gasteiger partial charge in [-0.1, -0.05) is 0 Å². The molecule has 6 N–H and O–H groups in total. The van der Waals surface area contributed by atoms with Crippen LogP contribution < -0.4 is 15.6 Å². The largest absolute Gasteiger partial charge is 0.444 e. The van der Waals surface area contributed by atoms with Crippen molar-refractivity contribution in [2.24, 2.45) is 7.05 Å². The van der Waals surface area contributed by atoms with Gasteiger partial charge in [0.1, 0.15) is 17.1 Å². The Labute approximate surface area is 247 Å². The summed E-state index contributed by atoms with van der Waals surface area (Å²) in [6.07, 6.45) is 3.26. The lowest BCUT2D eigenvalue weighted by Crippen LogP contribution is -2.58. The lowest BCUT2D eigenvalue weighted by molar-refractivity contribution is 0.0104. The predicted octanol–water partition coefficient (Wildman–Crippen LogP) is 3.37. The van der Waals surface area contributed by atoms with E-state index in [4.69, 9.17) is 4.74 Å². The number of carbonyl (C=O) groups excluding carboxylic acids is 1. The van der Waals surface area contributed by atoms with Crippen molar-refractivity contribution in [3.8, 4) is 11.1 Å². The second-order valence-electron chi connectivity index (χ2n) is 10.7. The molecule has 2 aliphatic rings. The number of carbonyl (C=O) groups is 1. The van der Waals surface area contributed by atoms with Crippen LogP contribution in [0.25, 0.3) is 22.2 Å². The Morgan fingerprint density at radius 3 is 2.48 bits per heavy atom. The van der Waals surface area contributed by atoms with Crippen molar-refractivity contribution < 1.29 is 36.8 Å². The summed E-state index contributed by atoms with van der Waals surface area (Å²) in [4.78, 5) is 35.8. The zero-order valence-corrected chi connectivity index (χ0v) is 24.5. The molecule has 0 radical (unpaired) electrons. The fraction of sp³-hybridized carbons (Fsp3) is 0.462. The first kappa shape index (κ1) is 34.6. The number of anilines is 2. The second kappa shape index (κ2) is 13.6. The summed E-state index contributed by atoms with van der Waals surface area (Å²) in [5.41, 5.74) is -1.27. The number of hydrogen-bond donors (Lipinski definition) is 2. The maximum atomic E-state index is 15.5. The molecule has 0 bridgehead atoms. The SMILES string of the molecule is Cn1c(=O)c(-c2c(F)ccc(NSN3CCCC3)c2F)cc2cnc(NC3CN(C(=O)OC(C)(C)C)C3)nc21.F.O.O.[HH].[HH]. The Bertz CT molecular complexity index is 1490.